The van der Waals surface area contributed by atoms with Crippen LogP contribution in [0, 0.1) is 0 Å². The Morgan fingerprint density at radius 1 is 0.224 bits per heavy atom. The first-order chi connectivity index (χ1) is 28.7. The Kier molecular flexibility index (Phi) is 14.1. The molecule has 0 nitrogen and oxygen atoms in total. The highest BCUT2D eigenvalue weighted by Crippen LogP contribution is 2.40. The van der Waals surface area contributed by atoms with Crippen LogP contribution >= 0.6 is 47.0 Å². The van der Waals surface area contributed by atoms with Crippen molar-refractivity contribution >= 4 is 58.2 Å². The minimum atomic E-state index is 0.944. The van der Waals surface area contributed by atoms with Gasteiger partial charge in [0.2, 0.25) is 0 Å². The van der Waals surface area contributed by atoms with E-state index in [2.05, 4.69) is 218 Å². The molecule has 0 aliphatic carbocycles. The molecule has 0 spiro atoms. The molecule has 0 aromatic heterocycles. The zero-order valence-corrected chi connectivity index (χ0v) is 35.5. The van der Waals surface area contributed by atoms with Crippen LogP contribution in [0.4, 0.5) is 0 Å². The molecule has 0 aliphatic heterocycles. The third kappa shape index (κ3) is 11.1. The van der Waals surface area contributed by atoms with Crippen molar-refractivity contribution in [2.45, 2.75) is 42.6 Å². The first kappa shape index (κ1) is 39.7. The Labute approximate surface area is 361 Å². The van der Waals surface area contributed by atoms with Crippen molar-refractivity contribution in [2.24, 2.45) is 0 Å². The van der Waals surface area contributed by atoms with Crippen LogP contribution in [0.3, 0.4) is 0 Å². The summed E-state index contributed by atoms with van der Waals surface area (Å²) in [7, 11) is 0. The second-order valence-electron chi connectivity index (χ2n) is 13.9. The van der Waals surface area contributed by atoms with Crippen LogP contribution in [0.1, 0.15) is 44.5 Å². The van der Waals surface area contributed by atoms with E-state index in [-0.39, 0.29) is 0 Å². The summed E-state index contributed by atoms with van der Waals surface area (Å²) < 4.78 is 0. The molecule has 0 bridgehead atoms. The largest absolute Gasteiger partial charge is 0.121 e. The van der Waals surface area contributed by atoms with Crippen LogP contribution < -0.4 is 0 Å². The van der Waals surface area contributed by atoms with Gasteiger partial charge in [-0.05, 0) is 104 Å². The normalized spacial score (nSPS) is 11.0. The number of hydrogen-bond acceptors (Lipinski definition) is 4. The Balaban J connectivity index is 1.17. The van der Waals surface area contributed by atoms with Crippen molar-refractivity contribution in [1.82, 2.24) is 0 Å². The van der Waals surface area contributed by atoms with E-state index in [1.165, 1.54) is 75.2 Å². The van der Waals surface area contributed by atoms with Gasteiger partial charge in [-0.1, -0.05) is 170 Å². The van der Waals surface area contributed by atoms with Gasteiger partial charge in [0, 0.05) is 42.6 Å². The lowest BCUT2D eigenvalue weighted by molar-refractivity contribution is 1.35. The maximum absolute atomic E-state index is 2.31. The van der Waals surface area contributed by atoms with E-state index >= 15 is 0 Å². The summed E-state index contributed by atoms with van der Waals surface area (Å²) in [5.41, 5.74) is 12.6. The molecule has 0 fully saturated rings. The van der Waals surface area contributed by atoms with Gasteiger partial charge in [0.25, 0.3) is 0 Å². The van der Waals surface area contributed by atoms with Gasteiger partial charge in [-0.15, -0.1) is 47.0 Å². The number of thioether (sulfide) groups is 4. The lowest BCUT2D eigenvalue weighted by Gasteiger charge is -2.19. The van der Waals surface area contributed by atoms with Crippen LogP contribution in [0.5, 0.6) is 0 Å². The SMILES string of the molecule is c1ccc(CSc2ccc(C(=C(c3ccc(SCc4ccccc4)cc3)c3ccc(SCc4ccccc4)cc3)c3ccc(SCc4ccccc4)cc3)cc2)cc1. The Morgan fingerprint density at radius 2 is 0.414 bits per heavy atom. The van der Waals surface area contributed by atoms with Gasteiger partial charge in [0.05, 0.1) is 0 Å². The molecule has 58 heavy (non-hydrogen) atoms. The molecule has 4 heteroatoms. The Hall–Kier alpha value is -5.10. The highest BCUT2D eigenvalue weighted by molar-refractivity contribution is 7.99. The van der Waals surface area contributed by atoms with Crippen molar-refractivity contribution in [3.63, 3.8) is 0 Å². The van der Waals surface area contributed by atoms with Crippen molar-refractivity contribution in [2.75, 3.05) is 0 Å². The van der Waals surface area contributed by atoms with Crippen LogP contribution in [0.2, 0.25) is 0 Å². The number of rotatable bonds is 16. The van der Waals surface area contributed by atoms with Crippen molar-refractivity contribution in [3.8, 4) is 0 Å². The minimum Gasteiger partial charge on any atom is -0.121 e. The molecule has 8 rings (SSSR count). The first-order valence-electron chi connectivity index (χ1n) is 19.6. The maximum Gasteiger partial charge on any atom is 0.0231 e. The van der Waals surface area contributed by atoms with Crippen LogP contribution in [-0.2, 0) is 23.0 Å². The van der Waals surface area contributed by atoms with Crippen molar-refractivity contribution in [3.05, 3.63) is 263 Å². The topological polar surface area (TPSA) is 0 Å². The average Bonchev–Trinajstić information content (AvgIpc) is 3.30. The third-order valence-corrected chi connectivity index (χ3v) is 14.1. The summed E-state index contributed by atoms with van der Waals surface area (Å²) in [6.45, 7) is 0. The predicted octanol–water partition coefficient (Wildman–Crippen LogP) is 15.9. The predicted molar refractivity (Wildman–Crippen MR) is 255 cm³/mol. The zero-order chi connectivity index (χ0) is 39.2. The smallest absolute Gasteiger partial charge is 0.0231 e. The van der Waals surface area contributed by atoms with E-state index in [9.17, 15) is 0 Å². The fraction of sp³-hybridized carbons (Fsp3) is 0.0741. The monoisotopic (exact) mass is 820 g/mol. The van der Waals surface area contributed by atoms with E-state index in [0.717, 1.165) is 23.0 Å². The van der Waals surface area contributed by atoms with Crippen molar-refractivity contribution in [1.29, 1.82) is 0 Å². The Bertz CT molecular complexity index is 2120. The quantitative estimate of drug-likeness (QED) is 0.0703. The van der Waals surface area contributed by atoms with Gasteiger partial charge in [0.1, 0.15) is 0 Å². The highest BCUT2D eigenvalue weighted by Gasteiger charge is 2.18. The zero-order valence-electron chi connectivity index (χ0n) is 32.2. The fourth-order valence-electron chi connectivity index (χ4n) is 6.75. The average molecular weight is 821 g/mol. The molecule has 0 N–H and O–H groups in total. The van der Waals surface area contributed by atoms with E-state index < -0.39 is 0 Å². The summed E-state index contributed by atoms with van der Waals surface area (Å²) in [5.74, 6) is 3.78. The molecular formula is C54H44S4. The first-order valence-corrected chi connectivity index (χ1v) is 23.5. The highest BCUT2D eigenvalue weighted by atomic mass is 32.2. The second-order valence-corrected chi connectivity index (χ2v) is 18.1. The van der Waals surface area contributed by atoms with E-state index in [1.54, 1.807) is 0 Å². The van der Waals surface area contributed by atoms with Gasteiger partial charge < -0.3 is 0 Å². The molecule has 8 aromatic carbocycles. The molecule has 0 amide bonds. The molecule has 8 aromatic rings. The number of hydrogen-bond donors (Lipinski definition) is 0. The molecule has 0 heterocycles. The summed E-state index contributed by atoms with van der Waals surface area (Å²) in [5, 5.41) is 0. The molecule has 284 valence electrons. The van der Waals surface area contributed by atoms with Crippen LogP contribution in [-0.4, -0.2) is 0 Å². The summed E-state index contributed by atoms with van der Waals surface area (Å²) in [6.07, 6.45) is 0. The van der Waals surface area contributed by atoms with E-state index in [4.69, 9.17) is 0 Å². The van der Waals surface area contributed by atoms with Gasteiger partial charge in [-0.25, -0.2) is 0 Å². The lowest BCUT2D eigenvalue weighted by atomic mass is 9.86. The van der Waals surface area contributed by atoms with Crippen LogP contribution in [0.15, 0.2) is 238 Å². The van der Waals surface area contributed by atoms with Gasteiger partial charge in [-0.2, -0.15) is 0 Å². The molecule has 0 aliphatic rings. The summed E-state index contributed by atoms with van der Waals surface area (Å²) in [4.78, 5) is 5.06. The molecule has 0 saturated carbocycles. The van der Waals surface area contributed by atoms with E-state index in [1.807, 2.05) is 47.0 Å². The molecule has 0 radical (unpaired) electrons. The second kappa shape index (κ2) is 20.5. The van der Waals surface area contributed by atoms with E-state index in [0.29, 0.717) is 0 Å². The third-order valence-electron chi connectivity index (χ3n) is 9.82. The molecular weight excluding hydrogens is 777 g/mol. The Morgan fingerprint density at radius 3 is 0.603 bits per heavy atom. The summed E-state index contributed by atoms with van der Waals surface area (Å²) >= 11 is 7.53. The lowest BCUT2D eigenvalue weighted by Crippen LogP contribution is -1.98. The van der Waals surface area contributed by atoms with Crippen LogP contribution in [0.25, 0.3) is 11.1 Å². The number of benzene rings is 8. The maximum atomic E-state index is 2.31. The summed E-state index contributed by atoms with van der Waals surface area (Å²) in [6, 6.07) is 79.7. The minimum absolute atomic E-state index is 0.944. The molecule has 0 atom stereocenters. The van der Waals surface area contributed by atoms with Gasteiger partial charge >= 0.3 is 0 Å². The van der Waals surface area contributed by atoms with Gasteiger partial charge in [-0.3, -0.25) is 0 Å². The molecule has 0 saturated heterocycles. The van der Waals surface area contributed by atoms with Crippen molar-refractivity contribution < 1.29 is 0 Å². The standard InChI is InChI=1S/C54H44S4/c1-5-13-41(14-6-1)37-55-49-29-21-45(22-30-49)53(46-23-31-50(32-24-46)56-38-42-15-7-2-8-16-42)54(47-25-33-51(34-26-47)57-39-43-17-9-3-10-18-43)48-27-35-52(36-28-48)58-40-44-19-11-4-12-20-44/h1-36H,37-40H2. The van der Waals surface area contributed by atoms with Gasteiger partial charge in [0.15, 0.2) is 0 Å². The molecule has 0 unspecified atom stereocenters. The fourth-order valence-corrected chi connectivity index (χ4v) is 10.2.